The van der Waals surface area contributed by atoms with Crippen molar-refractivity contribution < 1.29 is 4.79 Å². The van der Waals surface area contributed by atoms with Crippen LogP contribution in [-0.2, 0) is 11.3 Å². The maximum atomic E-state index is 10.5. The molecule has 0 radical (unpaired) electrons. The molecule has 1 aromatic rings. The van der Waals surface area contributed by atoms with E-state index in [-0.39, 0.29) is 5.70 Å². The number of carbonyl (C=O) groups excluding carboxylic acids is 1. The fraction of sp³-hybridized carbons (Fsp3) is 0.100. The highest BCUT2D eigenvalue weighted by Gasteiger charge is 1.95. The van der Waals surface area contributed by atoms with Gasteiger partial charge < -0.3 is 16.8 Å². The largest absolute Gasteiger partial charge is 0.393 e. The zero-order valence-electron chi connectivity index (χ0n) is 7.73. The van der Waals surface area contributed by atoms with Gasteiger partial charge in [-0.15, -0.1) is 0 Å². The van der Waals surface area contributed by atoms with Gasteiger partial charge in [0.25, 0.3) is 5.91 Å². The summed E-state index contributed by atoms with van der Waals surface area (Å²) in [5, 5.41) is 2.89. The van der Waals surface area contributed by atoms with Crippen LogP contribution >= 0.6 is 0 Å². The summed E-state index contributed by atoms with van der Waals surface area (Å²) >= 11 is 0. The fourth-order valence-electron chi connectivity index (χ4n) is 0.946. The van der Waals surface area contributed by atoms with E-state index in [1.165, 1.54) is 6.20 Å². The Morgan fingerprint density at radius 1 is 1.29 bits per heavy atom. The van der Waals surface area contributed by atoms with Crippen LogP contribution in [0.2, 0.25) is 0 Å². The number of nitrogens with two attached hydrogens (primary N) is 2. The lowest BCUT2D eigenvalue weighted by molar-refractivity contribution is -0.114. The van der Waals surface area contributed by atoms with E-state index in [1.807, 2.05) is 30.3 Å². The molecule has 0 unspecified atom stereocenters. The minimum Gasteiger partial charge on any atom is -0.393 e. The molecule has 0 aromatic heterocycles. The second kappa shape index (κ2) is 4.91. The highest BCUT2D eigenvalue weighted by atomic mass is 16.1. The molecule has 0 heterocycles. The summed E-state index contributed by atoms with van der Waals surface area (Å²) in [5.41, 5.74) is 11.4. The number of primary amides is 1. The summed E-state index contributed by atoms with van der Waals surface area (Å²) in [6.07, 6.45) is 1.41. The van der Waals surface area contributed by atoms with Gasteiger partial charge in [0.05, 0.1) is 0 Å². The van der Waals surface area contributed by atoms with Crippen LogP contribution in [-0.4, -0.2) is 5.91 Å². The summed E-state index contributed by atoms with van der Waals surface area (Å²) in [6, 6.07) is 9.77. The zero-order chi connectivity index (χ0) is 10.4. The van der Waals surface area contributed by atoms with Crippen LogP contribution in [0.1, 0.15) is 5.56 Å². The van der Waals surface area contributed by atoms with Gasteiger partial charge in [-0.1, -0.05) is 30.3 Å². The summed E-state index contributed by atoms with van der Waals surface area (Å²) < 4.78 is 0. The number of nitrogens with one attached hydrogen (secondary N) is 1. The average Bonchev–Trinajstić information content (AvgIpc) is 2.19. The second-order valence-corrected chi connectivity index (χ2v) is 2.83. The number of benzene rings is 1. The molecule has 74 valence electrons. The summed E-state index contributed by atoms with van der Waals surface area (Å²) in [6.45, 7) is 0.620. The highest BCUT2D eigenvalue weighted by Crippen LogP contribution is 1.96. The van der Waals surface area contributed by atoms with E-state index < -0.39 is 5.91 Å². The average molecular weight is 191 g/mol. The van der Waals surface area contributed by atoms with E-state index in [4.69, 9.17) is 11.5 Å². The van der Waals surface area contributed by atoms with Crippen molar-refractivity contribution in [2.24, 2.45) is 11.5 Å². The van der Waals surface area contributed by atoms with Crippen molar-refractivity contribution in [1.29, 1.82) is 0 Å². The monoisotopic (exact) mass is 191 g/mol. The number of amides is 1. The van der Waals surface area contributed by atoms with Crippen molar-refractivity contribution in [3.63, 3.8) is 0 Å². The van der Waals surface area contributed by atoms with Gasteiger partial charge in [0, 0.05) is 12.7 Å². The smallest absolute Gasteiger partial charge is 0.266 e. The lowest BCUT2D eigenvalue weighted by Crippen LogP contribution is -2.22. The summed E-state index contributed by atoms with van der Waals surface area (Å²) in [7, 11) is 0. The lowest BCUT2D eigenvalue weighted by atomic mass is 10.2. The standard InChI is InChI=1S/C10H13N3O/c11-9(10(12)14)7-13-6-8-4-2-1-3-5-8/h1-5,7,13H,6,11H2,(H2,12,14)/b9-7-. The molecule has 1 rings (SSSR count). The molecule has 0 fully saturated rings. The molecule has 0 aliphatic carbocycles. The van der Waals surface area contributed by atoms with Gasteiger partial charge in [0.15, 0.2) is 0 Å². The quantitative estimate of drug-likeness (QED) is 0.589. The van der Waals surface area contributed by atoms with E-state index in [2.05, 4.69) is 5.32 Å². The third kappa shape index (κ3) is 3.18. The van der Waals surface area contributed by atoms with Gasteiger partial charge in [0.1, 0.15) is 5.70 Å². The zero-order valence-corrected chi connectivity index (χ0v) is 7.73. The maximum Gasteiger partial charge on any atom is 0.266 e. The fourth-order valence-corrected chi connectivity index (χ4v) is 0.946. The Morgan fingerprint density at radius 3 is 2.50 bits per heavy atom. The predicted molar refractivity (Wildman–Crippen MR) is 54.7 cm³/mol. The van der Waals surface area contributed by atoms with Gasteiger partial charge in [-0.2, -0.15) is 0 Å². The Balaban J connectivity index is 2.43. The number of rotatable bonds is 4. The van der Waals surface area contributed by atoms with Gasteiger partial charge in [0.2, 0.25) is 0 Å². The molecule has 4 nitrogen and oxygen atoms in total. The Hall–Kier alpha value is -1.97. The lowest BCUT2D eigenvalue weighted by Gasteiger charge is -2.01. The van der Waals surface area contributed by atoms with Crippen molar-refractivity contribution in [2.45, 2.75) is 6.54 Å². The third-order valence-electron chi connectivity index (χ3n) is 1.69. The molecule has 0 aliphatic heterocycles. The molecule has 0 spiro atoms. The second-order valence-electron chi connectivity index (χ2n) is 2.83. The first-order chi connectivity index (χ1) is 6.70. The summed E-state index contributed by atoms with van der Waals surface area (Å²) in [5.74, 6) is -0.620. The van der Waals surface area contributed by atoms with E-state index in [0.29, 0.717) is 6.54 Å². The molecular weight excluding hydrogens is 178 g/mol. The van der Waals surface area contributed by atoms with Crippen LogP contribution in [0.5, 0.6) is 0 Å². The molecule has 0 atom stereocenters. The molecule has 0 saturated heterocycles. The van der Waals surface area contributed by atoms with E-state index in [0.717, 1.165) is 5.56 Å². The summed E-state index contributed by atoms with van der Waals surface area (Å²) in [4.78, 5) is 10.5. The Kier molecular flexibility index (Phi) is 3.55. The van der Waals surface area contributed by atoms with E-state index >= 15 is 0 Å². The molecular formula is C10H13N3O. The van der Waals surface area contributed by atoms with Crippen molar-refractivity contribution in [3.05, 3.63) is 47.8 Å². The van der Waals surface area contributed by atoms with Gasteiger partial charge in [-0.25, -0.2) is 0 Å². The minimum atomic E-state index is -0.620. The molecule has 0 saturated carbocycles. The Labute approximate surface area is 82.6 Å². The van der Waals surface area contributed by atoms with Crippen LogP contribution in [0, 0.1) is 0 Å². The van der Waals surface area contributed by atoms with Gasteiger partial charge in [-0.05, 0) is 5.56 Å². The maximum absolute atomic E-state index is 10.5. The van der Waals surface area contributed by atoms with E-state index in [1.54, 1.807) is 0 Å². The molecule has 0 aliphatic rings. The number of hydrogen-bond donors (Lipinski definition) is 3. The SMILES string of the molecule is NC(=O)/C(N)=C/NCc1ccccc1. The third-order valence-corrected chi connectivity index (χ3v) is 1.69. The first kappa shape index (κ1) is 10.1. The molecule has 5 N–H and O–H groups in total. The molecule has 14 heavy (non-hydrogen) atoms. The van der Waals surface area contributed by atoms with Gasteiger partial charge >= 0.3 is 0 Å². The van der Waals surface area contributed by atoms with Gasteiger partial charge in [-0.3, -0.25) is 4.79 Å². The minimum absolute atomic E-state index is 0.0286. The topological polar surface area (TPSA) is 81.1 Å². The normalized spacial score (nSPS) is 11.0. The van der Waals surface area contributed by atoms with E-state index in [9.17, 15) is 4.79 Å². The van der Waals surface area contributed by atoms with Crippen LogP contribution in [0.4, 0.5) is 0 Å². The van der Waals surface area contributed by atoms with Crippen molar-refractivity contribution >= 4 is 5.91 Å². The number of carbonyl (C=O) groups is 1. The predicted octanol–water partition coefficient (Wildman–Crippen LogP) is 0.0616. The van der Waals surface area contributed by atoms with Crippen LogP contribution in [0.25, 0.3) is 0 Å². The highest BCUT2D eigenvalue weighted by molar-refractivity contribution is 5.90. The van der Waals surface area contributed by atoms with Crippen LogP contribution in [0.3, 0.4) is 0 Å². The van der Waals surface area contributed by atoms with Crippen LogP contribution in [0.15, 0.2) is 42.2 Å². The Morgan fingerprint density at radius 2 is 1.93 bits per heavy atom. The first-order valence-corrected chi connectivity index (χ1v) is 4.23. The van der Waals surface area contributed by atoms with Crippen LogP contribution < -0.4 is 16.8 Å². The molecule has 0 bridgehead atoms. The number of hydrogen-bond acceptors (Lipinski definition) is 3. The van der Waals surface area contributed by atoms with Crippen molar-refractivity contribution in [2.75, 3.05) is 0 Å². The Bertz CT molecular complexity index is 332. The van der Waals surface area contributed by atoms with Crippen molar-refractivity contribution in [1.82, 2.24) is 5.32 Å². The first-order valence-electron chi connectivity index (χ1n) is 4.23. The molecule has 1 amide bonds. The molecule has 1 aromatic carbocycles. The molecule has 4 heteroatoms. The van der Waals surface area contributed by atoms with Crippen molar-refractivity contribution in [3.8, 4) is 0 Å².